The predicted octanol–water partition coefficient (Wildman–Crippen LogP) is 5.53. The molecule has 1 aromatic heterocycles. The van der Waals surface area contributed by atoms with Gasteiger partial charge in [-0.2, -0.15) is 0 Å². The van der Waals surface area contributed by atoms with Crippen LogP contribution in [-0.2, 0) is 24.2 Å². The molecular weight excluding hydrogens is 450 g/mol. The van der Waals surface area contributed by atoms with Gasteiger partial charge in [0.15, 0.2) is 0 Å². The maximum absolute atomic E-state index is 12.2. The van der Waals surface area contributed by atoms with E-state index in [0.29, 0.717) is 13.0 Å². The smallest absolute Gasteiger partial charge is 0.220 e. The molecule has 1 heterocycles. The number of fused-ring (bicyclic) bond motifs is 1. The summed E-state index contributed by atoms with van der Waals surface area (Å²) in [5.74, 6) is 1.16. The van der Waals surface area contributed by atoms with E-state index < -0.39 is 0 Å². The Hall–Kier alpha value is -2.92. The number of hydrogen-bond donors (Lipinski definition) is 1. The Morgan fingerprint density at radius 3 is 2.42 bits per heavy atom. The summed E-state index contributed by atoms with van der Waals surface area (Å²) in [6, 6.07) is 26.8. The molecule has 4 aromatic rings. The number of benzene rings is 3. The zero-order valence-electron chi connectivity index (χ0n) is 17.4. The number of carbonyl (C=O) groups is 1. The number of nitrogens with zero attached hydrogens (tertiary/aromatic N) is 2. The predicted molar refractivity (Wildman–Crippen MR) is 129 cm³/mol. The van der Waals surface area contributed by atoms with E-state index in [4.69, 9.17) is 4.98 Å². The molecule has 0 fully saturated rings. The summed E-state index contributed by atoms with van der Waals surface area (Å²) in [6.45, 7) is 1.45. The molecule has 1 amide bonds. The van der Waals surface area contributed by atoms with Crippen molar-refractivity contribution in [3.8, 4) is 0 Å². The average molecular weight is 476 g/mol. The summed E-state index contributed by atoms with van der Waals surface area (Å²) in [5.41, 5.74) is 4.59. The Morgan fingerprint density at radius 2 is 1.61 bits per heavy atom. The molecular formula is C26H26BrN3O. The van der Waals surface area contributed by atoms with Crippen LogP contribution in [0.5, 0.6) is 0 Å². The van der Waals surface area contributed by atoms with Crippen LogP contribution < -0.4 is 5.32 Å². The SMILES string of the molecule is O=C(CCc1ccccc1)NCCCc1nc2ccccc2n1Cc1ccc(Br)cc1. The van der Waals surface area contributed by atoms with Crippen LogP contribution in [0.1, 0.15) is 29.8 Å². The quantitative estimate of drug-likeness (QED) is 0.323. The van der Waals surface area contributed by atoms with Crippen molar-refractivity contribution in [1.29, 1.82) is 0 Å². The van der Waals surface area contributed by atoms with Crippen molar-refractivity contribution in [1.82, 2.24) is 14.9 Å². The van der Waals surface area contributed by atoms with E-state index in [0.717, 1.165) is 47.1 Å². The lowest BCUT2D eigenvalue weighted by Gasteiger charge is -2.10. The van der Waals surface area contributed by atoms with Crippen molar-refractivity contribution in [3.05, 3.63) is 100 Å². The second-order valence-electron chi connectivity index (χ2n) is 7.67. The molecule has 1 N–H and O–H groups in total. The lowest BCUT2D eigenvalue weighted by atomic mass is 10.1. The molecule has 0 atom stereocenters. The van der Waals surface area contributed by atoms with Gasteiger partial charge >= 0.3 is 0 Å². The maximum Gasteiger partial charge on any atom is 0.220 e. The first-order valence-corrected chi connectivity index (χ1v) is 11.5. The Labute approximate surface area is 191 Å². The number of halogens is 1. The first-order chi connectivity index (χ1) is 15.2. The van der Waals surface area contributed by atoms with E-state index in [-0.39, 0.29) is 5.91 Å². The molecule has 0 unspecified atom stereocenters. The van der Waals surface area contributed by atoms with Crippen LogP contribution in [0, 0.1) is 0 Å². The van der Waals surface area contributed by atoms with Crippen molar-refractivity contribution in [2.75, 3.05) is 6.54 Å². The molecule has 0 bridgehead atoms. The van der Waals surface area contributed by atoms with Crippen molar-refractivity contribution in [3.63, 3.8) is 0 Å². The fourth-order valence-corrected chi connectivity index (χ4v) is 3.99. The molecule has 0 aliphatic rings. The minimum Gasteiger partial charge on any atom is -0.356 e. The zero-order valence-corrected chi connectivity index (χ0v) is 19.0. The van der Waals surface area contributed by atoms with Gasteiger partial charge < -0.3 is 9.88 Å². The summed E-state index contributed by atoms with van der Waals surface area (Å²) in [7, 11) is 0. The van der Waals surface area contributed by atoms with Crippen molar-refractivity contribution < 1.29 is 4.79 Å². The monoisotopic (exact) mass is 475 g/mol. The summed E-state index contributed by atoms with van der Waals surface area (Å²) in [4.78, 5) is 17.0. The minimum atomic E-state index is 0.104. The van der Waals surface area contributed by atoms with Crippen LogP contribution in [0.15, 0.2) is 83.3 Å². The molecule has 0 saturated carbocycles. The van der Waals surface area contributed by atoms with Crippen LogP contribution >= 0.6 is 15.9 Å². The Bertz CT molecular complexity index is 1140. The third-order valence-electron chi connectivity index (χ3n) is 5.37. The molecule has 31 heavy (non-hydrogen) atoms. The number of para-hydroxylation sites is 2. The lowest BCUT2D eigenvalue weighted by molar-refractivity contribution is -0.121. The van der Waals surface area contributed by atoms with Crippen molar-refractivity contribution in [2.24, 2.45) is 0 Å². The van der Waals surface area contributed by atoms with Crippen LogP contribution in [0.2, 0.25) is 0 Å². The molecule has 4 rings (SSSR count). The van der Waals surface area contributed by atoms with Crippen molar-refractivity contribution in [2.45, 2.75) is 32.2 Å². The van der Waals surface area contributed by atoms with Gasteiger partial charge in [0, 0.05) is 30.4 Å². The topological polar surface area (TPSA) is 46.9 Å². The fraction of sp³-hybridized carbons (Fsp3) is 0.231. The summed E-state index contributed by atoms with van der Waals surface area (Å²) >= 11 is 3.50. The maximum atomic E-state index is 12.2. The number of rotatable bonds is 9. The molecule has 0 aliphatic carbocycles. The van der Waals surface area contributed by atoms with E-state index in [9.17, 15) is 4.79 Å². The molecule has 0 radical (unpaired) electrons. The first-order valence-electron chi connectivity index (χ1n) is 10.7. The second-order valence-corrected chi connectivity index (χ2v) is 8.58. The number of nitrogens with one attached hydrogen (secondary N) is 1. The van der Waals surface area contributed by atoms with Gasteiger partial charge in [0.05, 0.1) is 11.0 Å². The van der Waals surface area contributed by atoms with E-state index in [1.54, 1.807) is 0 Å². The summed E-state index contributed by atoms with van der Waals surface area (Å²) < 4.78 is 3.37. The third kappa shape index (κ3) is 5.82. The standard InChI is InChI=1S/C26H26BrN3O/c27-22-15-12-21(13-16-22)19-30-24-10-5-4-9-23(24)29-25(30)11-6-18-28-26(31)17-14-20-7-2-1-3-8-20/h1-5,7-10,12-13,15-16H,6,11,14,17-19H2,(H,28,31). The largest absolute Gasteiger partial charge is 0.356 e. The molecule has 0 aliphatic heterocycles. The van der Waals surface area contributed by atoms with Gasteiger partial charge in [0.25, 0.3) is 0 Å². The van der Waals surface area contributed by atoms with Crippen LogP contribution in [-0.4, -0.2) is 22.0 Å². The van der Waals surface area contributed by atoms with Gasteiger partial charge in [-0.05, 0) is 48.2 Å². The highest BCUT2D eigenvalue weighted by molar-refractivity contribution is 9.10. The number of carbonyl (C=O) groups excluding carboxylic acids is 1. The van der Waals surface area contributed by atoms with Crippen LogP contribution in [0.3, 0.4) is 0 Å². The number of amides is 1. The van der Waals surface area contributed by atoms with Crippen LogP contribution in [0.4, 0.5) is 0 Å². The number of aryl methyl sites for hydroxylation is 2. The van der Waals surface area contributed by atoms with Gasteiger partial charge in [-0.3, -0.25) is 4.79 Å². The third-order valence-corrected chi connectivity index (χ3v) is 5.90. The van der Waals surface area contributed by atoms with Gasteiger partial charge in [-0.15, -0.1) is 0 Å². The Morgan fingerprint density at radius 1 is 0.871 bits per heavy atom. The number of aromatic nitrogens is 2. The molecule has 0 spiro atoms. The second kappa shape index (κ2) is 10.4. The van der Waals surface area contributed by atoms with E-state index >= 15 is 0 Å². The molecule has 158 valence electrons. The Balaban J connectivity index is 1.34. The molecule has 4 nitrogen and oxygen atoms in total. The molecule has 3 aromatic carbocycles. The summed E-state index contributed by atoms with van der Waals surface area (Å²) in [5, 5.41) is 3.05. The van der Waals surface area contributed by atoms with Crippen LogP contribution in [0.25, 0.3) is 11.0 Å². The lowest BCUT2D eigenvalue weighted by Crippen LogP contribution is -2.25. The normalized spacial score (nSPS) is 11.0. The highest BCUT2D eigenvalue weighted by Crippen LogP contribution is 2.20. The first kappa shape index (κ1) is 21.3. The van der Waals surface area contributed by atoms with Gasteiger partial charge in [-0.25, -0.2) is 4.98 Å². The minimum absolute atomic E-state index is 0.104. The number of hydrogen-bond acceptors (Lipinski definition) is 2. The number of imidazole rings is 1. The van der Waals surface area contributed by atoms with Gasteiger partial charge in [0.1, 0.15) is 5.82 Å². The highest BCUT2D eigenvalue weighted by Gasteiger charge is 2.11. The van der Waals surface area contributed by atoms with Gasteiger partial charge in [-0.1, -0.05) is 70.5 Å². The average Bonchev–Trinajstić information content (AvgIpc) is 3.15. The van der Waals surface area contributed by atoms with Gasteiger partial charge in [0.2, 0.25) is 5.91 Å². The van der Waals surface area contributed by atoms with E-state index in [1.165, 1.54) is 11.1 Å². The van der Waals surface area contributed by atoms with E-state index in [1.807, 2.05) is 24.3 Å². The zero-order chi connectivity index (χ0) is 21.5. The molecule has 5 heteroatoms. The highest BCUT2D eigenvalue weighted by atomic mass is 79.9. The van der Waals surface area contributed by atoms with Crippen molar-refractivity contribution >= 4 is 32.9 Å². The fourth-order valence-electron chi connectivity index (χ4n) is 3.73. The Kier molecular flexibility index (Phi) is 7.15. The summed E-state index contributed by atoms with van der Waals surface area (Å²) in [6.07, 6.45) is 2.98. The molecule has 0 saturated heterocycles. The van der Waals surface area contributed by atoms with E-state index in [2.05, 4.69) is 80.4 Å².